The zero-order valence-corrected chi connectivity index (χ0v) is 12.7. The lowest BCUT2D eigenvalue weighted by Crippen LogP contribution is -2.23. The summed E-state index contributed by atoms with van der Waals surface area (Å²) in [6.45, 7) is 0.538. The van der Waals surface area contributed by atoms with Crippen molar-refractivity contribution >= 4 is 12.0 Å². The fourth-order valence-corrected chi connectivity index (χ4v) is 3.15. The van der Waals surface area contributed by atoms with Crippen molar-refractivity contribution in [1.82, 2.24) is 15.5 Å². The lowest BCUT2D eigenvalue weighted by Gasteiger charge is -2.07. The van der Waals surface area contributed by atoms with Crippen molar-refractivity contribution in [2.45, 2.75) is 19.4 Å². The van der Waals surface area contributed by atoms with E-state index < -0.39 is 0 Å². The number of H-pyrrole nitrogens is 1. The lowest BCUT2D eigenvalue weighted by atomic mass is 10.0. The maximum atomic E-state index is 12.7. The molecule has 0 saturated heterocycles. The van der Waals surface area contributed by atoms with E-state index in [2.05, 4.69) is 21.6 Å². The molecule has 4 nitrogen and oxygen atoms in total. The molecule has 2 N–H and O–H groups in total. The first-order valence-electron chi connectivity index (χ1n) is 7.81. The quantitative estimate of drug-likeness (QED) is 0.779. The molecule has 0 radical (unpaired) electrons. The smallest absolute Gasteiger partial charge is 0.251 e. The van der Waals surface area contributed by atoms with Gasteiger partial charge in [0, 0.05) is 29.4 Å². The molecule has 23 heavy (non-hydrogen) atoms. The minimum absolute atomic E-state index is 0.0205. The Hall–Kier alpha value is -2.88. The van der Waals surface area contributed by atoms with E-state index in [4.69, 9.17) is 0 Å². The Kier molecular flexibility index (Phi) is 3.42. The van der Waals surface area contributed by atoms with Crippen molar-refractivity contribution < 1.29 is 4.79 Å². The first-order chi connectivity index (χ1) is 11.3. The Morgan fingerprint density at radius 2 is 2.13 bits per heavy atom. The van der Waals surface area contributed by atoms with E-state index in [9.17, 15) is 4.79 Å². The van der Waals surface area contributed by atoms with Crippen LogP contribution >= 0.6 is 0 Å². The molecule has 4 heteroatoms. The van der Waals surface area contributed by atoms with Crippen LogP contribution < -0.4 is 5.32 Å². The van der Waals surface area contributed by atoms with Crippen LogP contribution in [0.4, 0.5) is 0 Å². The van der Waals surface area contributed by atoms with Crippen LogP contribution in [-0.4, -0.2) is 16.1 Å². The largest absolute Gasteiger partial charge is 0.348 e. The number of hydrogen-bond acceptors (Lipinski definition) is 2. The van der Waals surface area contributed by atoms with E-state index >= 15 is 0 Å². The Balaban J connectivity index is 1.65. The summed E-state index contributed by atoms with van der Waals surface area (Å²) >= 11 is 0. The van der Waals surface area contributed by atoms with Crippen LogP contribution in [0.2, 0.25) is 0 Å². The Labute approximate surface area is 134 Å². The maximum absolute atomic E-state index is 12.7. The summed E-state index contributed by atoms with van der Waals surface area (Å²) in [4.78, 5) is 12.7. The molecule has 0 aromatic heterocycles. The van der Waals surface area contributed by atoms with E-state index in [1.165, 1.54) is 0 Å². The van der Waals surface area contributed by atoms with Gasteiger partial charge in [0.1, 0.15) is 0 Å². The molecule has 3 aliphatic rings. The Morgan fingerprint density at radius 3 is 3.00 bits per heavy atom. The third-order valence-corrected chi connectivity index (χ3v) is 4.25. The summed E-state index contributed by atoms with van der Waals surface area (Å²) in [7, 11) is 0. The van der Waals surface area contributed by atoms with E-state index in [0.717, 1.165) is 46.4 Å². The highest BCUT2D eigenvalue weighted by atomic mass is 16.1. The standard InChI is InChI=1S/C19H17N3O/c23-19(20-11-13-6-2-1-3-7-13)16-10-14-12-21-22-17-9-5-4-8-15(16)18(14)17/h1-3,5-7,9-10,12,21H,4,8,11H2,(H,20,23). The van der Waals surface area contributed by atoms with E-state index in [0.29, 0.717) is 6.54 Å². The van der Waals surface area contributed by atoms with Crippen LogP contribution in [0.1, 0.15) is 33.6 Å². The zero-order valence-electron chi connectivity index (χ0n) is 12.7. The minimum atomic E-state index is -0.0205. The van der Waals surface area contributed by atoms with Crippen LogP contribution in [0.5, 0.6) is 0 Å². The van der Waals surface area contributed by atoms with Gasteiger partial charge in [-0.3, -0.25) is 9.89 Å². The molecule has 0 bridgehead atoms. The van der Waals surface area contributed by atoms with Crippen molar-refractivity contribution in [2.75, 3.05) is 0 Å². The van der Waals surface area contributed by atoms with Gasteiger partial charge in [0.15, 0.2) is 0 Å². The molecule has 0 atom stereocenters. The van der Waals surface area contributed by atoms with Crippen molar-refractivity contribution in [1.29, 1.82) is 0 Å². The summed E-state index contributed by atoms with van der Waals surface area (Å²) in [6, 6.07) is 11.9. The third-order valence-electron chi connectivity index (χ3n) is 4.25. The minimum Gasteiger partial charge on any atom is -0.348 e. The summed E-state index contributed by atoms with van der Waals surface area (Å²) in [5.41, 5.74) is 6.02. The molecular weight excluding hydrogens is 286 g/mol. The molecule has 1 amide bonds. The third kappa shape index (κ3) is 2.52. The van der Waals surface area contributed by atoms with Gasteiger partial charge in [-0.1, -0.05) is 36.4 Å². The molecule has 4 rings (SSSR count). The molecule has 114 valence electrons. The number of hydrogen-bond donors (Lipinski definition) is 2. The second-order valence-electron chi connectivity index (χ2n) is 5.75. The van der Waals surface area contributed by atoms with Gasteiger partial charge in [0.05, 0.1) is 5.69 Å². The molecule has 1 aromatic carbocycles. The number of allylic oxidation sites excluding steroid dienone is 1. The van der Waals surface area contributed by atoms with Gasteiger partial charge >= 0.3 is 0 Å². The highest BCUT2D eigenvalue weighted by Gasteiger charge is 2.24. The molecule has 0 unspecified atom stereocenters. The van der Waals surface area contributed by atoms with Gasteiger partial charge in [0.2, 0.25) is 0 Å². The monoisotopic (exact) mass is 303 g/mol. The Morgan fingerprint density at radius 1 is 1.26 bits per heavy atom. The van der Waals surface area contributed by atoms with Crippen LogP contribution in [0.25, 0.3) is 17.2 Å². The number of rotatable bonds is 3. The van der Waals surface area contributed by atoms with Crippen molar-refractivity contribution in [3.05, 3.63) is 71.1 Å². The molecule has 0 fully saturated rings. The van der Waals surface area contributed by atoms with Gasteiger partial charge < -0.3 is 5.32 Å². The van der Waals surface area contributed by atoms with Gasteiger partial charge in [-0.05, 0) is 36.1 Å². The number of nitrogens with zero attached hydrogens (tertiary/aromatic N) is 1. The SMILES string of the molecule is O=C(NCc1ccccc1)c1cc2c[nH]nc3c-2c1CCC=C3. The van der Waals surface area contributed by atoms with Crippen molar-refractivity contribution in [3.63, 3.8) is 0 Å². The van der Waals surface area contributed by atoms with Crippen LogP contribution in [0, 0.1) is 0 Å². The Bertz CT molecular complexity index is 848. The second kappa shape index (κ2) is 5.72. The molecule has 0 spiro atoms. The molecule has 1 aromatic rings. The first-order valence-corrected chi connectivity index (χ1v) is 7.81. The van der Waals surface area contributed by atoms with Crippen molar-refractivity contribution in [2.24, 2.45) is 0 Å². The number of benzene rings is 1. The number of amides is 1. The van der Waals surface area contributed by atoms with E-state index in [-0.39, 0.29) is 5.91 Å². The summed E-state index contributed by atoms with van der Waals surface area (Å²) in [5, 5.41) is 10.3. The number of carbonyl (C=O) groups is 1. The van der Waals surface area contributed by atoms with E-state index in [1.54, 1.807) is 0 Å². The van der Waals surface area contributed by atoms with Crippen LogP contribution in [-0.2, 0) is 13.0 Å². The zero-order chi connectivity index (χ0) is 15.6. The normalized spacial score (nSPS) is 13.0. The highest BCUT2D eigenvalue weighted by molar-refractivity contribution is 6.01. The second-order valence-corrected chi connectivity index (χ2v) is 5.75. The highest BCUT2D eigenvalue weighted by Crippen LogP contribution is 2.36. The number of carbonyl (C=O) groups excluding carboxylic acids is 1. The maximum Gasteiger partial charge on any atom is 0.251 e. The summed E-state index contributed by atoms with van der Waals surface area (Å²) in [6.07, 6.45) is 7.79. The molecule has 0 saturated carbocycles. The van der Waals surface area contributed by atoms with Crippen LogP contribution in [0.15, 0.2) is 48.7 Å². The average Bonchev–Trinajstić information content (AvgIpc) is 2.82. The first kappa shape index (κ1) is 13.8. The van der Waals surface area contributed by atoms with E-state index in [1.807, 2.05) is 48.7 Å². The molecule has 2 aliphatic carbocycles. The van der Waals surface area contributed by atoms with Crippen LogP contribution in [0.3, 0.4) is 0 Å². The number of nitrogens with one attached hydrogen (secondary N) is 2. The molecular formula is C19H17N3O. The fourth-order valence-electron chi connectivity index (χ4n) is 3.15. The van der Waals surface area contributed by atoms with Crippen molar-refractivity contribution in [3.8, 4) is 11.1 Å². The molecule has 1 aliphatic heterocycles. The molecule has 1 heterocycles. The topological polar surface area (TPSA) is 57.8 Å². The fraction of sp³-hybridized carbons (Fsp3) is 0.158. The van der Waals surface area contributed by atoms with Gasteiger partial charge in [-0.15, -0.1) is 0 Å². The number of aromatic nitrogens is 2. The summed E-state index contributed by atoms with van der Waals surface area (Å²) in [5.74, 6) is -0.0205. The lowest BCUT2D eigenvalue weighted by molar-refractivity contribution is 0.0950. The van der Waals surface area contributed by atoms with Gasteiger partial charge in [0.25, 0.3) is 5.91 Å². The number of aromatic amines is 1. The van der Waals surface area contributed by atoms with Gasteiger partial charge in [-0.2, -0.15) is 5.10 Å². The predicted molar refractivity (Wildman–Crippen MR) is 90.2 cm³/mol. The van der Waals surface area contributed by atoms with Gasteiger partial charge in [-0.25, -0.2) is 0 Å². The average molecular weight is 303 g/mol. The summed E-state index contributed by atoms with van der Waals surface area (Å²) < 4.78 is 0. The predicted octanol–water partition coefficient (Wildman–Crippen LogP) is 3.40.